The SMILES string of the molecule is CC(C)(NC(=O)NC1CCCNC1=O)C(C)(C)C(=O)O. The van der Waals surface area contributed by atoms with Gasteiger partial charge in [-0.2, -0.15) is 0 Å². The summed E-state index contributed by atoms with van der Waals surface area (Å²) in [5.41, 5.74) is -2.10. The summed E-state index contributed by atoms with van der Waals surface area (Å²) in [6.07, 6.45) is 1.39. The summed E-state index contributed by atoms with van der Waals surface area (Å²) >= 11 is 0. The molecule has 0 bridgehead atoms. The molecular formula is C13H23N3O4. The Hall–Kier alpha value is -1.79. The highest BCUT2D eigenvalue weighted by atomic mass is 16.4. The summed E-state index contributed by atoms with van der Waals surface area (Å²) in [7, 11) is 0. The third-order valence-electron chi connectivity index (χ3n) is 4.11. The lowest BCUT2D eigenvalue weighted by Gasteiger charge is -2.39. The van der Waals surface area contributed by atoms with Crippen LogP contribution in [0.4, 0.5) is 4.79 Å². The highest BCUT2D eigenvalue weighted by molar-refractivity contribution is 5.88. The maximum absolute atomic E-state index is 11.9. The van der Waals surface area contributed by atoms with E-state index in [-0.39, 0.29) is 5.91 Å². The molecule has 0 spiro atoms. The lowest BCUT2D eigenvalue weighted by atomic mass is 9.74. The van der Waals surface area contributed by atoms with E-state index in [4.69, 9.17) is 0 Å². The van der Waals surface area contributed by atoms with Crippen molar-refractivity contribution in [3.05, 3.63) is 0 Å². The van der Waals surface area contributed by atoms with Crippen molar-refractivity contribution in [1.82, 2.24) is 16.0 Å². The van der Waals surface area contributed by atoms with Gasteiger partial charge in [0.1, 0.15) is 6.04 Å². The van der Waals surface area contributed by atoms with Gasteiger partial charge >= 0.3 is 12.0 Å². The molecule has 1 unspecified atom stereocenters. The first kappa shape index (κ1) is 16.3. The second-order valence-electron chi connectivity index (χ2n) is 6.14. The monoisotopic (exact) mass is 285 g/mol. The fraction of sp³-hybridized carbons (Fsp3) is 0.769. The third-order valence-corrected chi connectivity index (χ3v) is 4.11. The molecule has 0 radical (unpaired) electrons. The molecule has 1 heterocycles. The highest BCUT2D eigenvalue weighted by Crippen LogP contribution is 2.30. The minimum Gasteiger partial charge on any atom is -0.481 e. The van der Waals surface area contributed by atoms with Gasteiger partial charge in [0.2, 0.25) is 5.91 Å². The molecule has 0 aliphatic carbocycles. The average Bonchev–Trinajstić information content (AvgIpc) is 2.31. The zero-order chi connectivity index (χ0) is 15.6. The van der Waals surface area contributed by atoms with Crippen molar-refractivity contribution in [1.29, 1.82) is 0 Å². The number of hydrogen-bond acceptors (Lipinski definition) is 3. The van der Waals surface area contributed by atoms with Crippen LogP contribution < -0.4 is 16.0 Å². The molecule has 0 aromatic heterocycles. The number of carboxylic acid groups (broad SMARTS) is 1. The zero-order valence-electron chi connectivity index (χ0n) is 12.4. The quantitative estimate of drug-likeness (QED) is 0.601. The molecule has 0 saturated carbocycles. The molecule has 20 heavy (non-hydrogen) atoms. The van der Waals surface area contributed by atoms with Crippen LogP contribution in [0.2, 0.25) is 0 Å². The number of rotatable bonds is 4. The number of aliphatic carboxylic acids is 1. The molecule has 1 aliphatic heterocycles. The average molecular weight is 285 g/mol. The Labute approximate surface area is 118 Å². The first-order valence-corrected chi connectivity index (χ1v) is 6.68. The van der Waals surface area contributed by atoms with Crippen LogP contribution >= 0.6 is 0 Å². The maximum atomic E-state index is 11.9. The summed E-state index contributed by atoms with van der Waals surface area (Å²) in [6.45, 7) is 6.99. The summed E-state index contributed by atoms with van der Waals surface area (Å²) < 4.78 is 0. The lowest BCUT2D eigenvalue weighted by molar-refractivity contribution is -0.150. The van der Waals surface area contributed by atoms with E-state index in [9.17, 15) is 19.5 Å². The number of carbonyl (C=O) groups excluding carboxylic acids is 2. The van der Waals surface area contributed by atoms with Crippen LogP contribution in [0.5, 0.6) is 0 Å². The Morgan fingerprint density at radius 1 is 1.30 bits per heavy atom. The maximum Gasteiger partial charge on any atom is 0.315 e. The van der Waals surface area contributed by atoms with Gasteiger partial charge in [0.15, 0.2) is 0 Å². The van der Waals surface area contributed by atoms with Gasteiger partial charge < -0.3 is 21.1 Å². The van der Waals surface area contributed by atoms with Gasteiger partial charge in [-0.15, -0.1) is 0 Å². The number of carbonyl (C=O) groups is 3. The summed E-state index contributed by atoms with van der Waals surface area (Å²) in [5.74, 6) is -1.21. The summed E-state index contributed by atoms with van der Waals surface area (Å²) in [5, 5.41) is 17.1. The van der Waals surface area contributed by atoms with Gasteiger partial charge in [0, 0.05) is 6.54 Å². The molecule has 1 saturated heterocycles. The van der Waals surface area contributed by atoms with Crippen LogP contribution in [0.1, 0.15) is 40.5 Å². The molecule has 4 N–H and O–H groups in total. The van der Waals surface area contributed by atoms with Crippen LogP contribution in [0.3, 0.4) is 0 Å². The van der Waals surface area contributed by atoms with E-state index in [1.807, 2.05) is 0 Å². The molecule has 1 fully saturated rings. The number of amides is 3. The Bertz CT molecular complexity index is 418. The third kappa shape index (κ3) is 3.40. The van der Waals surface area contributed by atoms with E-state index in [2.05, 4.69) is 16.0 Å². The molecule has 7 nitrogen and oxygen atoms in total. The van der Waals surface area contributed by atoms with E-state index in [0.717, 1.165) is 6.42 Å². The fourth-order valence-electron chi connectivity index (χ4n) is 1.81. The molecule has 3 amide bonds. The van der Waals surface area contributed by atoms with Gasteiger partial charge in [-0.25, -0.2) is 4.79 Å². The molecule has 0 aromatic rings. The Kier molecular flexibility index (Phi) is 4.62. The smallest absolute Gasteiger partial charge is 0.315 e. The van der Waals surface area contributed by atoms with E-state index in [0.29, 0.717) is 13.0 Å². The van der Waals surface area contributed by atoms with Crippen LogP contribution in [0.25, 0.3) is 0 Å². The van der Waals surface area contributed by atoms with Crippen LogP contribution in [-0.4, -0.2) is 41.1 Å². The number of carboxylic acids is 1. The molecule has 1 atom stereocenters. The molecule has 1 rings (SSSR count). The van der Waals surface area contributed by atoms with Crippen molar-refractivity contribution >= 4 is 17.9 Å². The standard InChI is InChI=1S/C13H23N3O4/c1-12(2,10(18)19)13(3,4)16-11(20)15-8-6-5-7-14-9(8)17/h8H,5-7H2,1-4H3,(H,14,17)(H,18,19)(H2,15,16,20). The Balaban J connectivity index is 2.65. The van der Waals surface area contributed by atoms with Crippen molar-refractivity contribution in [2.45, 2.75) is 52.1 Å². The lowest BCUT2D eigenvalue weighted by Crippen LogP contribution is -2.61. The number of hydrogen-bond donors (Lipinski definition) is 4. The predicted octanol–water partition coefficient (Wildman–Crippen LogP) is 0.454. The normalized spacial score (nSPS) is 20.0. The molecule has 1 aliphatic rings. The number of piperidine rings is 1. The van der Waals surface area contributed by atoms with Crippen LogP contribution in [0, 0.1) is 5.41 Å². The van der Waals surface area contributed by atoms with Gasteiger partial charge in [-0.05, 0) is 40.5 Å². The molecule has 0 aromatic carbocycles. The summed E-state index contributed by atoms with van der Waals surface area (Å²) in [4.78, 5) is 34.8. The molecule has 7 heteroatoms. The van der Waals surface area contributed by atoms with E-state index >= 15 is 0 Å². The van der Waals surface area contributed by atoms with E-state index in [1.54, 1.807) is 27.7 Å². The van der Waals surface area contributed by atoms with Crippen molar-refractivity contribution in [3.63, 3.8) is 0 Å². The first-order chi connectivity index (χ1) is 9.08. The van der Waals surface area contributed by atoms with Gasteiger partial charge in [0.05, 0.1) is 11.0 Å². The van der Waals surface area contributed by atoms with Crippen molar-refractivity contribution < 1.29 is 19.5 Å². The Morgan fingerprint density at radius 3 is 2.40 bits per heavy atom. The summed E-state index contributed by atoms with van der Waals surface area (Å²) in [6, 6.07) is -1.10. The van der Waals surface area contributed by atoms with Crippen molar-refractivity contribution in [2.24, 2.45) is 5.41 Å². The van der Waals surface area contributed by atoms with Gasteiger partial charge in [0.25, 0.3) is 0 Å². The largest absolute Gasteiger partial charge is 0.481 e. The van der Waals surface area contributed by atoms with Gasteiger partial charge in [-0.1, -0.05) is 0 Å². The highest BCUT2D eigenvalue weighted by Gasteiger charge is 2.44. The predicted molar refractivity (Wildman–Crippen MR) is 73.2 cm³/mol. The van der Waals surface area contributed by atoms with Gasteiger partial charge in [-0.3, -0.25) is 9.59 Å². The second kappa shape index (κ2) is 5.68. The fourth-order valence-corrected chi connectivity index (χ4v) is 1.81. The molecule has 114 valence electrons. The van der Waals surface area contributed by atoms with E-state index < -0.39 is 29.0 Å². The zero-order valence-corrected chi connectivity index (χ0v) is 12.4. The van der Waals surface area contributed by atoms with Crippen molar-refractivity contribution in [3.8, 4) is 0 Å². The van der Waals surface area contributed by atoms with Crippen molar-refractivity contribution in [2.75, 3.05) is 6.54 Å². The number of nitrogens with one attached hydrogen (secondary N) is 3. The number of urea groups is 1. The second-order valence-corrected chi connectivity index (χ2v) is 6.14. The van der Waals surface area contributed by atoms with E-state index in [1.165, 1.54) is 0 Å². The van der Waals surface area contributed by atoms with Crippen LogP contribution in [0.15, 0.2) is 0 Å². The topological polar surface area (TPSA) is 108 Å². The molecular weight excluding hydrogens is 262 g/mol. The minimum atomic E-state index is -1.14. The van der Waals surface area contributed by atoms with Crippen LogP contribution in [-0.2, 0) is 9.59 Å². The minimum absolute atomic E-state index is 0.207. The first-order valence-electron chi connectivity index (χ1n) is 6.68. The Morgan fingerprint density at radius 2 is 1.90 bits per heavy atom.